The molecular weight excluding hydrogens is 398 g/mol. The lowest BCUT2D eigenvalue weighted by Crippen LogP contribution is -2.57. The van der Waals surface area contributed by atoms with Gasteiger partial charge in [0.2, 0.25) is 5.91 Å². The highest BCUT2D eigenvalue weighted by atomic mass is 35.5. The predicted molar refractivity (Wildman–Crippen MR) is 106 cm³/mol. The van der Waals surface area contributed by atoms with Gasteiger partial charge in [-0.2, -0.15) is 0 Å². The van der Waals surface area contributed by atoms with Crippen LogP contribution in [0.3, 0.4) is 0 Å². The zero-order valence-corrected chi connectivity index (χ0v) is 16.6. The van der Waals surface area contributed by atoms with E-state index in [0.29, 0.717) is 39.0 Å². The Morgan fingerprint density at radius 3 is 2.14 bits per heavy atom. The van der Waals surface area contributed by atoms with Gasteiger partial charge in [0, 0.05) is 26.2 Å². The van der Waals surface area contributed by atoms with E-state index in [1.807, 2.05) is 6.07 Å². The van der Waals surface area contributed by atoms with Gasteiger partial charge >= 0.3 is 0 Å². The Morgan fingerprint density at radius 1 is 0.897 bits per heavy atom. The molecule has 0 bridgehead atoms. The number of hydrogen-bond acceptors (Lipinski definition) is 2. The summed E-state index contributed by atoms with van der Waals surface area (Å²) in [7, 11) is 0. The zero-order chi connectivity index (χ0) is 20.6. The lowest BCUT2D eigenvalue weighted by molar-refractivity contribution is -0.142. The fraction of sp³-hybridized carbons (Fsp3) is 0.364. The maximum absolute atomic E-state index is 13.7. The Morgan fingerprint density at radius 2 is 1.55 bits per heavy atom. The first-order chi connectivity index (χ1) is 13.9. The monoisotopic (exact) mass is 418 g/mol. The van der Waals surface area contributed by atoms with E-state index in [1.54, 1.807) is 15.9 Å². The number of nitrogens with zero attached hydrogens (tertiary/aromatic N) is 2. The first-order valence-electron chi connectivity index (χ1n) is 9.70. The van der Waals surface area contributed by atoms with Crippen LogP contribution in [-0.2, 0) is 10.2 Å². The van der Waals surface area contributed by atoms with Crippen LogP contribution in [0.15, 0.2) is 42.5 Å². The second kappa shape index (κ2) is 7.75. The summed E-state index contributed by atoms with van der Waals surface area (Å²) in [6.07, 6.45) is 2.35. The van der Waals surface area contributed by atoms with E-state index >= 15 is 0 Å². The van der Waals surface area contributed by atoms with Crippen molar-refractivity contribution in [2.24, 2.45) is 0 Å². The Balaban J connectivity index is 1.45. The summed E-state index contributed by atoms with van der Waals surface area (Å²) in [6.45, 7) is 1.55. The van der Waals surface area contributed by atoms with E-state index in [9.17, 15) is 18.4 Å². The van der Waals surface area contributed by atoms with Crippen LogP contribution in [0.1, 0.15) is 35.2 Å². The predicted octanol–water partition coefficient (Wildman–Crippen LogP) is 4.02. The average molecular weight is 419 g/mol. The van der Waals surface area contributed by atoms with Crippen molar-refractivity contribution in [3.63, 3.8) is 0 Å². The SMILES string of the molecule is O=C(c1ccc(F)cc1Cl)N1CCN(C(=O)C2(c3cccc(F)c3)CCC2)CC1. The molecule has 0 atom stereocenters. The number of piperazine rings is 1. The van der Waals surface area contributed by atoms with Crippen molar-refractivity contribution in [3.05, 3.63) is 70.2 Å². The second-order valence-electron chi connectivity index (χ2n) is 7.65. The maximum atomic E-state index is 13.7. The summed E-state index contributed by atoms with van der Waals surface area (Å²) in [5.41, 5.74) is 0.322. The van der Waals surface area contributed by atoms with Gasteiger partial charge in [0.25, 0.3) is 5.91 Å². The van der Waals surface area contributed by atoms with Crippen LogP contribution in [0.25, 0.3) is 0 Å². The first-order valence-corrected chi connectivity index (χ1v) is 10.1. The number of amides is 2. The van der Waals surface area contributed by atoms with Gasteiger partial charge in [0.1, 0.15) is 11.6 Å². The summed E-state index contributed by atoms with van der Waals surface area (Å²) in [5.74, 6) is -1.11. The van der Waals surface area contributed by atoms with E-state index in [-0.39, 0.29) is 28.2 Å². The Hall–Kier alpha value is -2.47. The molecule has 2 aliphatic rings. The standard InChI is InChI=1S/C22H21ClF2N2O2/c23-19-14-17(25)5-6-18(19)20(28)26-9-11-27(12-10-26)21(29)22(7-2-8-22)15-3-1-4-16(24)13-15/h1,3-6,13-14H,2,7-12H2. The molecule has 152 valence electrons. The van der Waals surface area contributed by atoms with Gasteiger partial charge in [-0.15, -0.1) is 0 Å². The van der Waals surface area contributed by atoms with Crippen molar-refractivity contribution < 1.29 is 18.4 Å². The third-order valence-corrected chi connectivity index (χ3v) is 6.32. The van der Waals surface area contributed by atoms with Crippen LogP contribution >= 0.6 is 11.6 Å². The molecule has 2 amide bonds. The molecule has 1 saturated heterocycles. The van der Waals surface area contributed by atoms with Crippen molar-refractivity contribution >= 4 is 23.4 Å². The van der Waals surface area contributed by atoms with Crippen molar-refractivity contribution in [1.82, 2.24) is 9.80 Å². The normalized spacial score (nSPS) is 18.3. The molecule has 29 heavy (non-hydrogen) atoms. The molecule has 0 radical (unpaired) electrons. The Kier molecular flexibility index (Phi) is 5.30. The highest BCUT2D eigenvalue weighted by molar-refractivity contribution is 6.33. The number of carbonyl (C=O) groups excluding carboxylic acids is 2. The minimum Gasteiger partial charge on any atom is -0.338 e. The van der Waals surface area contributed by atoms with Crippen molar-refractivity contribution in [2.75, 3.05) is 26.2 Å². The van der Waals surface area contributed by atoms with Gasteiger partial charge in [0.15, 0.2) is 0 Å². The third kappa shape index (κ3) is 3.62. The van der Waals surface area contributed by atoms with Crippen LogP contribution in [0.5, 0.6) is 0 Å². The van der Waals surface area contributed by atoms with Gasteiger partial charge < -0.3 is 9.80 Å². The van der Waals surface area contributed by atoms with E-state index in [2.05, 4.69) is 0 Å². The maximum Gasteiger partial charge on any atom is 0.255 e. The Labute approximate surface area is 173 Å². The number of rotatable bonds is 3. The van der Waals surface area contributed by atoms with Crippen LogP contribution in [0.2, 0.25) is 5.02 Å². The molecule has 0 spiro atoms. The van der Waals surface area contributed by atoms with Crippen molar-refractivity contribution in [2.45, 2.75) is 24.7 Å². The molecule has 4 nitrogen and oxygen atoms in total. The summed E-state index contributed by atoms with van der Waals surface area (Å²) in [6, 6.07) is 9.99. The summed E-state index contributed by atoms with van der Waals surface area (Å²) in [4.78, 5) is 29.4. The zero-order valence-electron chi connectivity index (χ0n) is 15.8. The van der Waals surface area contributed by atoms with Gasteiger partial charge in [0.05, 0.1) is 16.0 Å². The molecule has 1 aliphatic heterocycles. The van der Waals surface area contributed by atoms with E-state index in [4.69, 9.17) is 11.6 Å². The van der Waals surface area contributed by atoms with Gasteiger partial charge in [-0.05, 0) is 48.7 Å². The van der Waals surface area contributed by atoms with Crippen LogP contribution in [0.4, 0.5) is 8.78 Å². The molecule has 2 aromatic carbocycles. The Bertz CT molecular complexity index is 954. The van der Waals surface area contributed by atoms with Crippen molar-refractivity contribution in [3.8, 4) is 0 Å². The second-order valence-corrected chi connectivity index (χ2v) is 8.06. The minimum atomic E-state index is -0.658. The highest BCUT2D eigenvalue weighted by Crippen LogP contribution is 2.45. The topological polar surface area (TPSA) is 40.6 Å². The quantitative estimate of drug-likeness (QED) is 0.755. The molecule has 0 N–H and O–H groups in total. The van der Waals surface area contributed by atoms with E-state index in [1.165, 1.54) is 24.3 Å². The fourth-order valence-electron chi connectivity index (χ4n) is 4.19. The van der Waals surface area contributed by atoms with Crippen LogP contribution < -0.4 is 0 Å². The van der Waals surface area contributed by atoms with Gasteiger partial charge in [-0.3, -0.25) is 9.59 Å². The molecule has 4 rings (SSSR count). The van der Waals surface area contributed by atoms with Crippen LogP contribution in [-0.4, -0.2) is 47.8 Å². The lowest BCUT2D eigenvalue weighted by atomic mass is 9.63. The van der Waals surface area contributed by atoms with Gasteiger partial charge in [-0.25, -0.2) is 8.78 Å². The molecule has 0 aromatic heterocycles. The first kappa shape index (κ1) is 19.8. The molecule has 0 unspecified atom stereocenters. The largest absolute Gasteiger partial charge is 0.338 e. The highest BCUT2D eigenvalue weighted by Gasteiger charge is 2.48. The number of benzene rings is 2. The minimum absolute atomic E-state index is 0.00117. The number of hydrogen-bond donors (Lipinski definition) is 0. The molecular formula is C22H21ClF2N2O2. The average Bonchev–Trinajstić information content (AvgIpc) is 2.67. The van der Waals surface area contributed by atoms with Gasteiger partial charge in [-0.1, -0.05) is 30.2 Å². The summed E-state index contributed by atoms with van der Waals surface area (Å²) >= 11 is 6.01. The molecule has 2 fully saturated rings. The lowest BCUT2D eigenvalue weighted by Gasteiger charge is -2.46. The molecule has 1 heterocycles. The van der Waals surface area contributed by atoms with Crippen LogP contribution in [0, 0.1) is 11.6 Å². The molecule has 1 aliphatic carbocycles. The summed E-state index contributed by atoms with van der Waals surface area (Å²) in [5, 5.41) is 0.0769. The number of halogens is 3. The summed E-state index contributed by atoms with van der Waals surface area (Å²) < 4.78 is 27.0. The smallest absolute Gasteiger partial charge is 0.255 e. The molecule has 7 heteroatoms. The molecule has 2 aromatic rings. The van der Waals surface area contributed by atoms with Crippen molar-refractivity contribution in [1.29, 1.82) is 0 Å². The molecule has 1 saturated carbocycles. The number of carbonyl (C=O) groups is 2. The fourth-order valence-corrected chi connectivity index (χ4v) is 4.44. The third-order valence-electron chi connectivity index (χ3n) is 6.01. The van der Waals surface area contributed by atoms with E-state index < -0.39 is 11.2 Å². The van der Waals surface area contributed by atoms with E-state index in [0.717, 1.165) is 18.1 Å².